The first-order chi connectivity index (χ1) is 11.3. The average Bonchev–Trinajstić information content (AvgIpc) is 2.53. The molecule has 24 heavy (non-hydrogen) atoms. The molecule has 3 rings (SSSR count). The number of hydrogen-bond acceptors (Lipinski definition) is 5. The van der Waals surface area contributed by atoms with Crippen LogP contribution in [0.4, 0.5) is 0 Å². The van der Waals surface area contributed by atoms with Crippen LogP contribution in [0.5, 0.6) is 0 Å². The van der Waals surface area contributed by atoms with Crippen molar-refractivity contribution >= 4 is 27.7 Å². The van der Waals surface area contributed by atoms with Crippen LogP contribution in [0.1, 0.15) is 19.3 Å². The maximum atomic E-state index is 12.6. The van der Waals surface area contributed by atoms with Crippen LogP contribution in [-0.2, 0) is 19.6 Å². The number of carbonyl (C=O) groups is 2. The highest BCUT2D eigenvalue weighted by atomic mass is 32.2. The first-order valence-electron chi connectivity index (χ1n) is 7.84. The molecule has 3 aliphatic rings. The van der Waals surface area contributed by atoms with Crippen molar-refractivity contribution in [1.29, 1.82) is 0 Å². The van der Waals surface area contributed by atoms with Crippen molar-refractivity contribution in [3.05, 3.63) is 23.9 Å². The second-order valence-corrected chi connectivity index (χ2v) is 7.93. The monoisotopic (exact) mass is 353 g/mol. The van der Waals surface area contributed by atoms with E-state index < -0.39 is 16.0 Å². The third-order valence-electron chi connectivity index (χ3n) is 4.44. The Labute approximate surface area is 140 Å². The molecule has 0 saturated carbocycles. The van der Waals surface area contributed by atoms with E-state index in [2.05, 4.69) is 4.40 Å². The van der Waals surface area contributed by atoms with Crippen LogP contribution in [-0.4, -0.2) is 66.4 Å². The molecular weight excluding hydrogens is 334 g/mol. The highest BCUT2D eigenvalue weighted by Gasteiger charge is 2.29. The van der Waals surface area contributed by atoms with E-state index in [0.29, 0.717) is 37.3 Å². The van der Waals surface area contributed by atoms with Gasteiger partial charge in [0.05, 0.1) is 11.3 Å². The van der Waals surface area contributed by atoms with Crippen LogP contribution < -0.4 is 0 Å². The highest BCUT2D eigenvalue weighted by molar-refractivity contribution is 7.90. The number of carboxylic acid groups (broad SMARTS) is 1. The summed E-state index contributed by atoms with van der Waals surface area (Å²) in [5.74, 6) is -0.536. The zero-order valence-corrected chi connectivity index (χ0v) is 13.9. The summed E-state index contributed by atoms with van der Waals surface area (Å²) in [4.78, 5) is 26.7. The molecule has 8 nitrogen and oxygen atoms in total. The van der Waals surface area contributed by atoms with Crippen LogP contribution in [0.3, 0.4) is 0 Å². The number of carbonyl (C=O) groups excluding carboxylic acids is 1. The van der Waals surface area contributed by atoms with Gasteiger partial charge in [0, 0.05) is 32.3 Å². The largest absolute Gasteiger partial charge is 0.481 e. The summed E-state index contributed by atoms with van der Waals surface area (Å²) < 4.78 is 26.7. The standard InChI is InChI=1S/C15H19N3O5S/c19-14(20)9-11-3-5-17(6-4-11)15(21)12-1-2-13-16-24(22,23)8-7-18(13)10-12/h1-2,10-11H,3-9H2,(H,19,20). The Balaban J connectivity index is 1.64. The molecule has 0 atom stereocenters. The van der Waals surface area contributed by atoms with Crippen LogP contribution >= 0.6 is 0 Å². The lowest BCUT2D eigenvalue weighted by Gasteiger charge is -2.33. The summed E-state index contributed by atoms with van der Waals surface area (Å²) in [6.45, 7) is 1.36. The van der Waals surface area contributed by atoms with Gasteiger partial charge in [0.15, 0.2) is 0 Å². The van der Waals surface area contributed by atoms with E-state index in [-0.39, 0.29) is 30.5 Å². The first-order valence-corrected chi connectivity index (χ1v) is 9.45. The van der Waals surface area contributed by atoms with Crippen LogP contribution in [0.2, 0.25) is 0 Å². The molecule has 9 heteroatoms. The second-order valence-electron chi connectivity index (χ2n) is 6.18. The number of carboxylic acids is 1. The fourth-order valence-electron chi connectivity index (χ4n) is 3.10. The summed E-state index contributed by atoms with van der Waals surface area (Å²) in [6.07, 6.45) is 6.28. The van der Waals surface area contributed by atoms with Gasteiger partial charge in [-0.25, -0.2) is 8.42 Å². The Bertz CT molecular complexity index is 745. The van der Waals surface area contributed by atoms with Crippen molar-refractivity contribution in [2.45, 2.75) is 19.3 Å². The molecule has 0 aromatic rings. The first kappa shape index (κ1) is 16.7. The molecule has 0 aromatic carbocycles. The SMILES string of the molecule is O=C(O)CC1CCN(C(=O)C2=CN3CCS(=O)(=O)N=C3C=C2)CC1. The molecule has 0 unspecified atom stereocenters. The normalized spacial score (nSPS) is 23.3. The van der Waals surface area contributed by atoms with Gasteiger partial charge in [-0.2, -0.15) is 0 Å². The lowest BCUT2D eigenvalue weighted by molar-refractivity contribution is -0.138. The molecule has 0 aromatic heterocycles. The van der Waals surface area contributed by atoms with Crippen molar-refractivity contribution in [1.82, 2.24) is 9.80 Å². The van der Waals surface area contributed by atoms with Crippen LogP contribution in [0.25, 0.3) is 0 Å². The third-order valence-corrected chi connectivity index (χ3v) is 5.60. The number of amidine groups is 1. The molecule has 3 aliphatic heterocycles. The molecule has 0 spiro atoms. The number of amides is 1. The van der Waals surface area contributed by atoms with Crippen molar-refractivity contribution in [3.63, 3.8) is 0 Å². The maximum Gasteiger partial charge on any atom is 0.303 e. The van der Waals surface area contributed by atoms with E-state index in [1.807, 2.05) is 0 Å². The van der Waals surface area contributed by atoms with Gasteiger partial charge in [-0.05, 0) is 30.9 Å². The van der Waals surface area contributed by atoms with Gasteiger partial charge < -0.3 is 14.9 Å². The van der Waals surface area contributed by atoms with E-state index in [9.17, 15) is 18.0 Å². The minimum atomic E-state index is -3.40. The number of piperidine rings is 1. The Kier molecular flexibility index (Phi) is 4.44. The molecular formula is C15H19N3O5S. The summed E-state index contributed by atoms with van der Waals surface area (Å²) >= 11 is 0. The number of rotatable bonds is 3. The molecule has 3 heterocycles. The fourth-order valence-corrected chi connectivity index (χ4v) is 4.07. The Morgan fingerprint density at radius 2 is 1.92 bits per heavy atom. The molecule has 130 valence electrons. The van der Waals surface area contributed by atoms with Gasteiger partial charge in [0.1, 0.15) is 5.84 Å². The van der Waals surface area contributed by atoms with Crippen molar-refractivity contribution in [3.8, 4) is 0 Å². The number of hydrogen-bond donors (Lipinski definition) is 1. The van der Waals surface area contributed by atoms with E-state index >= 15 is 0 Å². The highest BCUT2D eigenvalue weighted by Crippen LogP contribution is 2.23. The Hall–Kier alpha value is -2.16. The lowest BCUT2D eigenvalue weighted by Crippen LogP contribution is -2.42. The van der Waals surface area contributed by atoms with Crippen molar-refractivity contribution in [2.75, 3.05) is 25.4 Å². The Morgan fingerprint density at radius 1 is 1.21 bits per heavy atom. The number of fused-ring (bicyclic) bond motifs is 1. The number of aliphatic carboxylic acids is 1. The second kappa shape index (κ2) is 6.39. The smallest absolute Gasteiger partial charge is 0.303 e. The predicted octanol–water partition coefficient (Wildman–Crippen LogP) is 0.197. The summed E-state index contributed by atoms with van der Waals surface area (Å²) in [6, 6.07) is 0. The molecule has 0 bridgehead atoms. The zero-order chi connectivity index (χ0) is 17.3. The van der Waals surface area contributed by atoms with Gasteiger partial charge >= 0.3 is 5.97 Å². The molecule has 1 amide bonds. The van der Waals surface area contributed by atoms with Gasteiger partial charge in [-0.1, -0.05) is 0 Å². The van der Waals surface area contributed by atoms with E-state index in [1.54, 1.807) is 28.2 Å². The molecule has 0 aliphatic carbocycles. The third kappa shape index (κ3) is 3.66. The summed E-state index contributed by atoms with van der Waals surface area (Å²) in [5.41, 5.74) is 0.491. The fraction of sp³-hybridized carbons (Fsp3) is 0.533. The predicted molar refractivity (Wildman–Crippen MR) is 86.7 cm³/mol. The summed E-state index contributed by atoms with van der Waals surface area (Å²) in [5, 5.41) is 8.83. The van der Waals surface area contributed by atoms with E-state index in [1.165, 1.54) is 0 Å². The minimum Gasteiger partial charge on any atom is -0.481 e. The van der Waals surface area contributed by atoms with E-state index in [4.69, 9.17) is 5.11 Å². The molecule has 1 saturated heterocycles. The number of likely N-dealkylation sites (tertiary alicyclic amines) is 1. The quantitative estimate of drug-likeness (QED) is 0.776. The van der Waals surface area contributed by atoms with Gasteiger partial charge in [0.2, 0.25) is 0 Å². The maximum absolute atomic E-state index is 12.6. The van der Waals surface area contributed by atoms with Crippen LogP contribution in [0, 0.1) is 5.92 Å². The van der Waals surface area contributed by atoms with Gasteiger partial charge in [-0.3, -0.25) is 9.59 Å². The minimum absolute atomic E-state index is 0.0666. The number of nitrogens with zero attached hydrogens (tertiary/aromatic N) is 3. The molecule has 1 fully saturated rings. The van der Waals surface area contributed by atoms with Crippen molar-refractivity contribution < 1.29 is 23.1 Å². The lowest BCUT2D eigenvalue weighted by atomic mass is 9.93. The number of sulfonamides is 1. The van der Waals surface area contributed by atoms with Gasteiger partial charge in [0.25, 0.3) is 15.9 Å². The van der Waals surface area contributed by atoms with E-state index in [0.717, 1.165) is 0 Å². The molecule has 1 N–H and O–H groups in total. The van der Waals surface area contributed by atoms with Crippen LogP contribution in [0.15, 0.2) is 28.3 Å². The molecule has 0 radical (unpaired) electrons. The average molecular weight is 353 g/mol. The van der Waals surface area contributed by atoms with Gasteiger partial charge in [-0.15, -0.1) is 4.40 Å². The van der Waals surface area contributed by atoms with Crippen molar-refractivity contribution in [2.24, 2.45) is 10.3 Å². The zero-order valence-electron chi connectivity index (χ0n) is 13.1. The Morgan fingerprint density at radius 3 is 2.58 bits per heavy atom. The topological polar surface area (TPSA) is 107 Å². The summed E-state index contributed by atoms with van der Waals surface area (Å²) in [7, 11) is -3.40.